The lowest BCUT2D eigenvalue weighted by Crippen LogP contribution is -2.45. The molecule has 142 valence electrons. The van der Waals surface area contributed by atoms with Crippen molar-refractivity contribution in [3.05, 3.63) is 61.7 Å². The number of hydrogen-bond acceptors (Lipinski definition) is 3. The molecule has 6 heteroatoms. The van der Waals surface area contributed by atoms with Gasteiger partial charge in [-0.2, -0.15) is 5.10 Å². The molecule has 0 bridgehead atoms. The highest BCUT2D eigenvalue weighted by atomic mass is 127. The van der Waals surface area contributed by atoms with Gasteiger partial charge in [-0.25, -0.2) is 5.43 Å². The molecule has 2 aromatic carbocycles. The number of hydrogen-bond donors (Lipinski definition) is 1. The molecule has 0 unspecified atom stereocenters. The first kappa shape index (κ1) is 20.1. The molecule has 0 fully saturated rings. The second-order valence-electron chi connectivity index (χ2n) is 7.62. The van der Waals surface area contributed by atoms with Gasteiger partial charge in [0, 0.05) is 33.0 Å². The molecule has 4 nitrogen and oxygen atoms in total. The standard InChI is InChI=1S/C21H23ClIN3O/c1-13-11-21(2,3)26(4)19-10-18(22)15(9-17(13)19)12-24-25-20(27)14-6-5-7-16(23)8-14/h5-10,12-13H,11H2,1-4H3,(H,25,27)/b24-12-/t13-/m0/s1. The topological polar surface area (TPSA) is 44.7 Å². The molecular weight excluding hydrogens is 473 g/mol. The summed E-state index contributed by atoms with van der Waals surface area (Å²) >= 11 is 8.66. The van der Waals surface area contributed by atoms with Crippen molar-refractivity contribution in [1.82, 2.24) is 5.43 Å². The van der Waals surface area contributed by atoms with Crippen molar-refractivity contribution in [1.29, 1.82) is 0 Å². The molecule has 1 amide bonds. The SMILES string of the molecule is C[C@H]1CC(C)(C)N(C)c2cc(Cl)c(/C=N\NC(=O)c3cccc(I)c3)cc21. The predicted octanol–water partition coefficient (Wildman–Crippen LogP) is 5.43. The second kappa shape index (κ2) is 7.80. The Morgan fingerprint density at radius 2 is 2.11 bits per heavy atom. The molecule has 1 aliphatic rings. The van der Waals surface area contributed by atoms with Crippen LogP contribution in [0.5, 0.6) is 0 Å². The van der Waals surface area contributed by atoms with Crippen LogP contribution in [0.1, 0.15) is 54.6 Å². The van der Waals surface area contributed by atoms with Crippen molar-refractivity contribution in [2.45, 2.75) is 38.6 Å². The minimum Gasteiger partial charge on any atom is -0.369 e. The molecule has 0 radical (unpaired) electrons. The highest BCUT2D eigenvalue weighted by Crippen LogP contribution is 2.44. The smallest absolute Gasteiger partial charge is 0.271 e. The number of nitrogens with one attached hydrogen (secondary N) is 1. The molecule has 1 atom stereocenters. The normalized spacial score (nSPS) is 18.4. The largest absolute Gasteiger partial charge is 0.369 e. The number of benzene rings is 2. The van der Waals surface area contributed by atoms with E-state index in [1.54, 1.807) is 12.3 Å². The summed E-state index contributed by atoms with van der Waals surface area (Å²) in [7, 11) is 2.11. The first-order valence-corrected chi connectivity index (χ1v) is 10.3. The van der Waals surface area contributed by atoms with Crippen molar-refractivity contribution in [3.8, 4) is 0 Å². The van der Waals surface area contributed by atoms with E-state index in [2.05, 4.69) is 71.9 Å². The maximum Gasteiger partial charge on any atom is 0.271 e. The van der Waals surface area contributed by atoms with E-state index in [1.807, 2.05) is 24.3 Å². The highest BCUT2D eigenvalue weighted by Gasteiger charge is 2.34. The van der Waals surface area contributed by atoms with Gasteiger partial charge in [-0.3, -0.25) is 4.79 Å². The Morgan fingerprint density at radius 3 is 2.81 bits per heavy atom. The Morgan fingerprint density at radius 1 is 1.37 bits per heavy atom. The fourth-order valence-corrected chi connectivity index (χ4v) is 4.31. The van der Waals surface area contributed by atoms with Gasteiger partial charge in [0.15, 0.2) is 0 Å². The van der Waals surface area contributed by atoms with Gasteiger partial charge in [-0.1, -0.05) is 24.6 Å². The Bertz CT molecular complexity index is 910. The van der Waals surface area contributed by atoms with Crippen LogP contribution in [0.2, 0.25) is 5.02 Å². The van der Waals surface area contributed by atoms with Gasteiger partial charge in [0.05, 0.1) is 11.2 Å². The molecule has 0 saturated carbocycles. The fraction of sp³-hybridized carbons (Fsp3) is 0.333. The van der Waals surface area contributed by atoms with Crippen LogP contribution < -0.4 is 10.3 Å². The van der Waals surface area contributed by atoms with E-state index in [4.69, 9.17) is 11.6 Å². The lowest BCUT2D eigenvalue weighted by Gasteiger charge is -2.45. The Labute approximate surface area is 179 Å². The van der Waals surface area contributed by atoms with Crippen LogP contribution in [0.25, 0.3) is 0 Å². The summed E-state index contributed by atoms with van der Waals surface area (Å²) < 4.78 is 1.00. The van der Waals surface area contributed by atoms with Crippen LogP contribution in [0.3, 0.4) is 0 Å². The zero-order valence-electron chi connectivity index (χ0n) is 15.9. The molecule has 1 heterocycles. The Balaban J connectivity index is 1.81. The average molecular weight is 496 g/mol. The zero-order valence-corrected chi connectivity index (χ0v) is 18.8. The summed E-state index contributed by atoms with van der Waals surface area (Å²) in [6.07, 6.45) is 2.68. The van der Waals surface area contributed by atoms with E-state index >= 15 is 0 Å². The van der Waals surface area contributed by atoms with Crippen LogP contribution in [0, 0.1) is 3.57 Å². The van der Waals surface area contributed by atoms with E-state index in [-0.39, 0.29) is 11.4 Å². The van der Waals surface area contributed by atoms with Crippen molar-refractivity contribution in [2.75, 3.05) is 11.9 Å². The molecular formula is C21H23ClIN3O. The number of anilines is 1. The van der Waals surface area contributed by atoms with Gasteiger partial charge in [0.1, 0.15) is 0 Å². The third kappa shape index (κ3) is 4.29. The molecule has 2 aromatic rings. The van der Waals surface area contributed by atoms with Crippen LogP contribution in [0.4, 0.5) is 5.69 Å². The van der Waals surface area contributed by atoms with Crippen molar-refractivity contribution in [2.24, 2.45) is 5.10 Å². The number of carbonyl (C=O) groups excluding carboxylic acids is 1. The van der Waals surface area contributed by atoms with Crippen molar-refractivity contribution < 1.29 is 4.79 Å². The van der Waals surface area contributed by atoms with Gasteiger partial charge in [-0.05, 0) is 84.7 Å². The quantitative estimate of drug-likeness (QED) is 0.351. The van der Waals surface area contributed by atoms with Gasteiger partial charge in [0.25, 0.3) is 5.91 Å². The van der Waals surface area contributed by atoms with Crippen molar-refractivity contribution >= 4 is 52.0 Å². The third-order valence-corrected chi connectivity index (χ3v) is 6.21. The third-order valence-electron chi connectivity index (χ3n) is 5.21. The minimum absolute atomic E-state index is 0.0898. The lowest BCUT2D eigenvalue weighted by atomic mass is 9.80. The van der Waals surface area contributed by atoms with E-state index in [1.165, 1.54) is 5.56 Å². The van der Waals surface area contributed by atoms with Gasteiger partial charge in [-0.15, -0.1) is 0 Å². The average Bonchev–Trinajstić information content (AvgIpc) is 2.60. The molecule has 27 heavy (non-hydrogen) atoms. The number of amides is 1. The number of nitrogens with zero attached hydrogens (tertiary/aromatic N) is 2. The first-order chi connectivity index (χ1) is 12.7. The van der Waals surface area contributed by atoms with E-state index < -0.39 is 0 Å². The Hall–Kier alpha value is -1.60. The van der Waals surface area contributed by atoms with E-state index in [0.29, 0.717) is 16.5 Å². The maximum absolute atomic E-state index is 12.2. The van der Waals surface area contributed by atoms with Crippen LogP contribution >= 0.6 is 34.2 Å². The van der Waals surface area contributed by atoms with E-state index in [0.717, 1.165) is 21.2 Å². The summed E-state index contributed by atoms with van der Waals surface area (Å²) in [6, 6.07) is 11.4. The highest BCUT2D eigenvalue weighted by molar-refractivity contribution is 14.1. The zero-order chi connectivity index (χ0) is 19.8. The maximum atomic E-state index is 12.2. The number of halogens is 2. The molecule has 0 spiro atoms. The second-order valence-corrected chi connectivity index (χ2v) is 9.27. The van der Waals surface area contributed by atoms with E-state index in [9.17, 15) is 4.79 Å². The van der Waals surface area contributed by atoms with Crippen LogP contribution in [-0.2, 0) is 0 Å². The molecule has 0 saturated heterocycles. The molecule has 0 aromatic heterocycles. The molecule has 0 aliphatic carbocycles. The summed E-state index contributed by atoms with van der Waals surface area (Å²) in [5.74, 6) is 0.185. The number of carbonyl (C=O) groups is 1. The summed E-state index contributed by atoms with van der Waals surface area (Å²) in [4.78, 5) is 14.5. The molecule has 1 aliphatic heterocycles. The Kier molecular flexibility index (Phi) is 5.82. The monoisotopic (exact) mass is 495 g/mol. The number of rotatable bonds is 3. The summed E-state index contributed by atoms with van der Waals surface area (Å²) in [5, 5.41) is 4.73. The van der Waals surface area contributed by atoms with Gasteiger partial charge < -0.3 is 4.90 Å². The molecule has 1 N–H and O–H groups in total. The summed E-state index contributed by atoms with van der Waals surface area (Å²) in [5.41, 5.74) is 6.46. The van der Waals surface area contributed by atoms with Crippen LogP contribution in [0.15, 0.2) is 41.5 Å². The molecule has 3 rings (SSSR count). The predicted molar refractivity (Wildman–Crippen MR) is 121 cm³/mol. The fourth-order valence-electron chi connectivity index (χ4n) is 3.56. The minimum atomic E-state index is -0.242. The van der Waals surface area contributed by atoms with Crippen LogP contribution in [-0.4, -0.2) is 24.7 Å². The number of hydrazone groups is 1. The number of fused-ring (bicyclic) bond motifs is 1. The first-order valence-electron chi connectivity index (χ1n) is 8.85. The summed E-state index contributed by atoms with van der Waals surface area (Å²) in [6.45, 7) is 6.73. The lowest BCUT2D eigenvalue weighted by molar-refractivity contribution is 0.0955. The van der Waals surface area contributed by atoms with Crippen molar-refractivity contribution in [3.63, 3.8) is 0 Å². The van der Waals surface area contributed by atoms with Gasteiger partial charge >= 0.3 is 0 Å². The van der Waals surface area contributed by atoms with Gasteiger partial charge in [0.2, 0.25) is 0 Å².